The van der Waals surface area contributed by atoms with Crippen LogP contribution in [0.5, 0.6) is 0 Å². The van der Waals surface area contributed by atoms with Crippen LogP contribution in [0.1, 0.15) is 19.1 Å². The molecule has 15 heavy (non-hydrogen) atoms. The quantitative estimate of drug-likeness (QED) is 0.799. The Hall–Kier alpha value is -0.400. The summed E-state index contributed by atoms with van der Waals surface area (Å²) < 4.78 is 12.3. The number of hydrogen-bond acceptors (Lipinski definition) is 3. The zero-order valence-corrected chi connectivity index (χ0v) is 10.3. The van der Waals surface area contributed by atoms with E-state index in [-0.39, 0.29) is 17.9 Å². The molecule has 5 heteroatoms. The van der Waals surface area contributed by atoms with Crippen molar-refractivity contribution in [1.82, 2.24) is 4.57 Å². The van der Waals surface area contributed by atoms with Crippen molar-refractivity contribution in [2.75, 3.05) is 6.61 Å². The Bertz CT molecular complexity index is 379. The fraction of sp³-hybridized carbons (Fsp3) is 0.500. The Morgan fingerprint density at radius 2 is 2.40 bits per heavy atom. The lowest BCUT2D eigenvalue weighted by molar-refractivity contribution is -0.0132. The summed E-state index contributed by atoms with van der Waals surface area (Å²) in [5.74, 6) is 0. The first kappa shape index (κ1) is 11.1. The van der Waals surface area contributed by atoms with E-state index < -0.39 is 0 Å². The topological polar surface area (TPSA) is 40.5 Å². The summed E-state index contributed by atoms with van der Waals surface area (Å²) in [4.78, 5) is 11.5. The van der Waals surface area contributed by atoms with Crippen LogP contribution in [0.4, 0.5) is 0 Å². The van der Waals surface area contributed by atoms with Gasteiger partial charge >= 0.3 is 0 Å². The molecule has 0 N–H and O–H groups in total. The summed E-state index contributed by atoms with van der Waals surface area (Å²) in [5.41, 5.74) is -0.0152. The maximum atomic E-state index is 11.5. The second-order valence-corrected chi connectivity index (χ2v) is 4.13. The first-order chi connectivity index (χ1) is 7.31. The van der Waals surface area contributed by atoms with Gasteiger partial charge in [0.1, 0.15) is 29.2 Å². The Kier molecular flexibility index (Phi) is 3.76. The molecule has 0 amide bonds. The molecule has 0 aliphatic carbocycles. The highest BCUT2D eigenvalue weighted by atomic mass is 127. The number of halogens is 1. The maximum Gasteiger partial charge on any atom is 0.252 e. The van der Waals surface area contributed by atoms with E-state index in [4.69, 9.17) is 7.80 Å². The van der Waals surface area contributed by atoms with E-state index in [0.29, 0.717) is 6.61 Å². The molecule has 2 unspecified atom stereocenters. The first-order valence-corrected chi connectivity index (χ1v) is 5.75. The van der Waals surface area contributed by atoms with Crippen LogP contribution in [0.25, 0.3) is 0 Å². The van der Waals surface area contributed by atoms with Crippen molar-refractivity contribution < 1.29 is 7.80 Å². The van der Waals surface area contributed by atoms with E-state index in [1.165, 1.54) is 0 Å². The Labute approximate surface area is 102 Å². The third-order valence-corrected chi connectivity index (χ3v) is 2.85. The Morgan fingerprint density at radius 1 is 1.53 bits per heavy atom. The van der Waals surface area contributed by atoms with Crippen molar-refractivity contribution in [1.29, 1.82) is 0 Å². The molecular weight excluding hydrogens is 309 g/mol. The number of ether oxygens (including phenoxy) is 1. The molecular formula is C10H12INO3. The summed E-state index contributed by atoms with van der Waals surface area (Å²) in [5, 5.41) is 0. The van der Waals surface area contributed by atoms with E-state index in [9.17, 15) is 4.79 Å². The summed E-state index contributed by atoms with van der Waals surface area (Å²) in [7, 11) is 0. The van der Waals surface area contributed by atoms with Gasteiger partial charge < -0.3 is 7.80 Å². The van der Waals surface area contributed by atoms with Crippen molar-refractivity contribution in [2.24, 2.45) is 0 Å². The van der Waals surface area contributed by atoms with Gasteiger partial charge in [0.15, 0.2) is 0 Å². The smallest absolute Gasteiger partial charge is 0.252 e. The molecule has 4 nitrogen and oxygen atoms in total. The molecule has 0 saturated carbocycles. The van der Waals surface area contributed by atoms with Gasteiger partial charge in [-0.2, -0.15) is 0 Å². The summed E-state index contributed by atoms with van der Waals surface area (Å²) in [6.07, 6.45) is 3.55. The minimum Gasteiger partial charge on any atom is -0.352 e. The third kappa shape index (κ3) is 2.59. The van der Waals surface area contributed by atoms with E-state index in [1.54, 1.807) is 22.9 Å². The average molecular weight is 321 g/mol. The highest BCUT2D eigenvalue weighted by Crippen LogP contribution is 2.27. The van der Waals surface area contributed by atoms with Gasteiger partial charge in [0, 0.05) is 12.3 Å². The molecule has 0 aromatic carbocycles. The first-order valence-electron chi connectivity index (χ1n) is 4.87. The summed E-state index contributed by atoms with van der Waals surface area (Å²) >= 11 is 1.86. The van der Waals surface area contributed by atoms with Gasteiger partial charge in [-0.05, 0) is 18.9 Å². The van der Waals surface area contributed by atoms with Gasteiger partial charge in [-0.15, -0.1) is 0 Å². The molecule has 2 heterocycles. The van der Waals surface area contributed by atoms with Crippen molar-refractivity contribution in [3.8, 4) is 0 Å². The molecule has 2 rings (SSSR count). The average Bonchev–Trinajstić information content (AvgIpc) is 2.68. The third-order valence-electron chi connectivity index (χ3n) is 2.50. The molecule has 1 saturated heterocycles. The highest BCUT2D eigenvalue weighted by Gasteiger charge is 2.26. The van der Waals surface area contributed by atoms with Crippen LogP contribution in [0.2, 0.25) is 0 Å². The maximum absolute atomic E-state index is 11.5. The lowest BCUT2D eigenvalue weighted by Crippen LogP contribution is -2.24. The molecule has 0 bridgehead atoms. The van der Waals surface area contributed by atoms with Crippen LogP contribution in [-0.4, -0.2) is 17.3 Å². The van der Waals surface area contributed by atoms with Crippen molar-refractivity contribution in [2.45, 2.75) is 25.2 Å². The fourth-order valence-electron chi connectivity index (χ4n) is 1.76. The van der Waals surface area contributed by atoms with E-state index in [0.717, 1.165) is 12.8 Å². The fourth-order valence-corrected chi connectivity index (χ4v) is 2.16. The van der Waals surface area contributed by atoms with Crippen LogP contribution in [-0.2, 0) is 7.80 Å². The van der Waals surface area contributed by atoms with Crippen molar-refractivity contribution in [3.63, 3.8) is 0 Å². The lowest BCUT2D eigenvalue weighted by Gasteiger charge is -2.14. The Morgan fingerprint density at radius 3 is 3.13 bits per heavy atom. The molecule has 1 aliphatic rings. The van der Waals surface area contributed by atoms with Crippen LogP contribution >= 0.6 is 23.0 Å². The van der Waals surface area contributed by atoms with E-state index in [1.807, 2.05) is 29.1 Å². The predicted molar refractivity (Wildman–Crippen MR) is 63.8 cm³/mol. The molecule has 2 atom stereocenters. The molecule has 1 aromatic heterocycles. The van der Waals surface area contributed by atoms with Gasteiger partial charge in [0.05, 0.1) is 12.7 Å². The van der Waals surface area contributed by atoms with Crippen molar-refractivity contribution in [3.05, 3.63) is 34.7 Å². The van der Waals surface area contributed by atoms with Crippen LogP contribution < -0.4 is 5.56 Å². The molecule has 1 aliphatic heterocycles. The SMILES string of the molecule is O=c1ccccn1C1CCC(COI)O1. The standard InChI is InChI=1S/C10H12INO3/c11-14-7-8-4-5-10(15-8)12-6-2-1-3-9(12)13/h1-3,6,8,10H,4-5,7H2. The molecule has 1 aromatic rings. The van der Waals surface area contributed by atoms with Crippen LogP contribution in [0, 0.1) is 0 Å². The second kappa shape index (κ2) is 5.09. The minimum atomic E-state index is -0.129. The van der Waals surface area contributed by atoms with Gasteiger partial charge in [-0.25, -0.2) is 0 Å². The molecule has 0 spiro atoms. The molecule has 82 valence electrons. The number of rotatable bonds is 3. The summed E-state index contributed by atoms with van der Waals surface area (Å²) in [6.45, 7) is 0.582. The zero-order chi connectivity index (χ0) is 10.7. The van der Waals surface area contributed by atoms with E-state index >= 15 is 0 Å². The van der Waals surface area contributed by atoms with Crippen molar-refractivity contribution >= 4 is 23.0 Å². The minimum absolute atomic E-state index is 0.0152. The number of aromatic nitrogens is 1. The lowest BCUT2D eigenvalue weighted by atomic mass is 10.2. The van der Waals surface area contributed by atoms with Crippen LogP contribution in [0.15, 0.2) is 29.2 Å². The summed E-state index contributed by atoms with van der Waals surface area (Å²) in [6, 6.07) is 5.12. The number of nitrogens with zero attached hydrogens (tertiary/aromatic N) is 1. The highest BCUT2D eigenvalue weighted by molar-refractivity contribution is 14.1. The number of hydrogen-bond donors (Lipinski definition) is 0. The number of pyridine rings is 1. The molecule has 0 radical (unpaired) electrons. The van der Waals surface area contributed by atoms with Gasteiger partial charge in [0.25, 0.3) is 5.56 Å². The van der Waals surface area contributed by atoms with Gasteiger partial charge in [-0.3, -0.25) is 9.36 Å². The monoisotopic (exact) mass is 321 g/mol. The Balaban J connectivity index is 2.08. The second-order valence-electron chi connectivity index (χ2n) is 3.51. The predicted octanol–water partition coefficient (Wildman–Crippen LogP) is 1.89. The largest absolute Gasteiger partial charge is 0.352 e. The van der Waals surface area contributed by atoms with Crippen LogP contribution in [0.3, 0.4) is 0 Å². The van der Waals surface area contributed by atoms with E-state index in [2.05, 4.69) is 0 Å². The normalized spacial score (nSPS) is 25.7. The zero-order valence-electron chi connectivity index (χ0n) is 8.14. The van der Waals surface area contributed by atoms with Gasteiger partial charge in [0.2, 0.25) is 0 Å². The molecule has 1 fully saturated rings. The van der Waals surface area contributed by atoms with Gasteiger partial charge in [-0.1, -0.05) is 6.07 Å².